The number of rotatable bonds is 8. The maximum Gasteiger partial charge on any atom is 0.287 e. The van der Waals surface area contributed by atoms with Crippen molar-refractivity contribution in [3.8, 4) is 5.75 Å². The van der Waals surface area contributed by atoms with Gasteiger partial charge in [0.15, 0.2) is 17.3 Å². The van der Waals surface area contributed by atoms with Crippen molar-refractivity contribution in [3.05, 3.63) is 53.7 Å². The second-order valence-corrected chi connectivity index (χ2v) is 7.55. The van der Waals surface area contributed by atoms with E-state index in [0.29, 0.717) is 18.8 Å². The maximum atomic E-state index is 13.6. The maximum absolute atomic E-state index is 13.6. The molecule has 2 atom stereocenters. The smallest absolute Gasteiger partial charge is 0.287 e. The lowest BCUT2D eigenvalue weighted by atomic mass is 9.54. The van der Waals surface area contributed by atoms with Gasteiger partial charge in [0.25, 0.3) is 5.91 Å². The van der Waals surface area contributed by atoms with Crippen LogP contribution in [0.2, 0.25) is 0 Å². The molecule has 3 rings (SSSR count). The van der Waals surface area contributed by atoms with Crippen LogP contribution < -0.4 is 10.1 Å². The Morgan fingerprint density at radius 2 is 2.07 bits per heavy atom. The molecular formula is C21H26FNO5. The fourth-order valence-corrected chi connectivity index (χ4v) is 3.57. The summed E-state index contributed by atoms with van der Waals surface area (Å²) in [7, 11) is 0. The molecule has 6 nitrogen and oxygen atoms in total. The van der Waals surface area contributed by atoms with E-state index in [1.54, 1.807) is 18.2 Å². The van der Waals surface area contributed by atoms with Gasteiger partial charge in [0.2, 0.25) is 0 Å². The molecule has 0 bridgehead atoms. The lowest BCUT2D eigenvalue weighted by molar-refractivity contribution is -0.172. The van der Waals surface area contributed by atoms with Gasteiger partial charge < -0.3 is 24.3 Å². The highest BCUT2D eigenvalue weighted by atomic mass is 19.1. The molecular weight excluding hydrogens is 365 g/mol. The topological polar surface area (TPSA) is 80.9 Å². The van der Waals surface area contributed by atoms with E-state index in [1.807, 2.05) is 20.8 Å². The van der Waals surface area contributed by atoms with Crippen molar-refractivity contribution in [2.45, 2.75) is 45.4 Å². The van der Waals surface area contributed by atoms with Crippen molar-refractivity contribution in [1.29, 1.82) is 0 Å². The Bertz CT molecular complexity index is 834. The largest absolute Gasteiger partial charge is 0.483 e. The zero-order chi connectivity index (χ0) is 20.4. The summed E-state index contributed by atoms with van der Waals surface area (Å²) in [6.07, 6.45) is 0.492. The van der Waals surface area contributed by atoms with E-state index in [4.69, 9.17) is 13.9 Å². The number of hydrogen-bond donors (Lipinski definition) is 2. The molecule has 1 amide bonds. The average molecular weight is 391 g/mol. The number of aliphatic hydroxyl groups is 1. The fourth-order valence-electron chi connectivity index (χ4n) is 3.57. The molecule has 28 heavy (non-hydrogen) atoms. The second-order valence-electron chi connectivity index (χ2n) is 7.55. The first-order valence-electron chi connectivity index (χ1n) is 9.34. The first kappa shape index (κ1) is 20.4. The van der Waals surface area contributed by atoms with Crippen LogP contribution in [0.15, 0.2) is 40.8 Å². The Hall–Kier alpha value is -2.38. The summed E-state index contributed by atoms with van der Waals surface area (Å²) in [5.74, 6) is -0.272. The number of amides is 1. The van der Waals surface area contributed by atoms with Crippen molar-refractivity contribution in [1.82, 2.24) is 5.32 Å². The number of nitrogens with one attached hydrogen (secondary N) is 1. The molecule has 7 heteroatoms. The standard InChI is InChI=1S/C21H26FNO5/c1-4-26-18-11-21(13-24,20(18,2)3)23-19(25)17-10-9-14(28-17)12-27-16-8-6-5-7-15(16)22/h5-10,18,24H,4,11-13H2,1-3H3,(H,23,25)/t18-,21-/m0/s1. The molecule has 1 aliphatic rings. The minimum atomic E-state index is -0.777. The normalized spacial score (nSPS) is 23.1. The van der Waals surface area contributed by atoms with Gasteiger partial charge in [-0.15, -0.1) is 0 Å². The van der Waals surface area contributed by atoms with E-state index in [-0.39, 0.29) is 30.8 Å². The first-order valence-corrected chi connectivity index (χ1v) is 9.34. The Labute approximate surface area is 163 Å². The summed E-state index contributed by atoms with van der Waals surface area (Å²) in [6.45, 7) is 6.22. The first-order chi connectivity index (χ1) is 13.3. The van der Waals surface area contributed by atoms with Gasteiger partial charge in [-0.1, -0.05) is 26.0 Å². The quantitative estimate of drug-likeness (QED) is 0.722. The molecule has 0 radical (unpaired) electrons. The fraction of sp³-hybridized carbons (Fsp3) is 0.476. The van der Waals surface area contributed by atoms with Crippen LogP contribution in [0.1, 0.15) is 43.5 Å². The van der Waals surface area contributed by atoms with Gasteiger partial charge >= 0.3 is 0 Å². The third-order valence-electron chi connectivity index (χ3n) is 5.65. The lowest BCUT2D eigenvalue weighted by Gasteiger charge is -2.60. The van der Waals surface area contributed by atoms with Gasteiger partial charge in [-0.2, -0.15) is 0 Å². The van der Waals surface area contributed by atoms with Gasteiger partial charge in [-0.05, 0) is 31.2 Å². The van der Waals surface area contributed by atoms with Gasteiger partial charge in [0.05, 0.1) is 18.2 Å². The van der Waals surface area contributed by atoms with E-state index in [9.17, 15) is 14.3 Å². The number of aliphatic hydroxyl groups excluding tert-OH is 1. The van der Waals surface area contributed by atoms with Crippen LogP contribution >= 0.6 is 0 Å². The SMILES string of the molecule is CCO[C@H]1C[C@@](CO)(NC(=O)c2ccc(COc3ccccc3F)o2)C1(C)C. The minimum absolute atomic E-state index is 0.00271. The third kappa shape index (κ3) is 3.64. The molecule has 0 unspecified atom stereocenters. The van der Waals surface area contributed by atoms with Crippen LogP contribution in [0.4, 0.5) is 4.39 Å². The van der Waals surface area contributed by atoms with Crippen LogP contribution in [0.3, 0.4) is 0 Å². The highest BCUT2D eigenvalue weighted by Crippen LogP contribution is 2.51. The molecule has 1 aromatic heterocycles. The summed E-state index contributed by atoms with van der Waals surface area (Å²) in [5.41, 5.74) is -1.20. The molecule has 152 valence electrons. The van der Waals surface area contributed by atoms with Crippen LogP contribution in [0, 0.1) is 11.2 Å². The monoisotopic (exact) mass is 391 g/mol. The summed E-state index contributed by atoms with van der Waals surface area (Å²) in [5, 5.41) is 12.8. The predicted octanol–water partition coefficient (Wildman–Crippen LogP) is 3.29. The van der Waals surface area contributed by atoms with E-state index in [2.05, 4.69) is 5.32 Å². The summed E-state index contributed by atoms with van der Waals surface area (Å²) in [6, 6.07) is 9.21. The van der Waals surface area contributed by atoms with Gasteiger partial charge in [-0.25, -0.2) is 4.39 Å². The highest BCUT2D eigenvalue weighted by molar-refractivity contribution is 5.92. The van der Waals surface area contributed by atoms with Crippen molar-refractivity contribution < 1.29 is 28.2 Å². The Morgan fingerprint density at radius 3 is 2.71 bits per heavy atom. The van der Waals surface area contributed by atoms with E-state index >= 15 is 0 Å². The molecule has 1 aliphatic carbocycles. The Kier molecular flexibility index (Phi) is 5.76. The van der Waals surface area contributed by atoms with E-state index < -0.39 is 22.7 Å². The predicted molar refractivity (Wildman–Crippen MR) is 101 cm³/mol. The summed E-state index contributed by atoms with van der Waals surface area (Å²) in [4.78, 5) is 12.6. The van der Waals surface area contributed by atoms with Crippen molar-refractivity contribution in [2.24, 2.45) is 5.41 Å². The molecule has 0 spiro atoms. The number of para-hydroxylation sites is 1. The lowest BCUT2D eigenvalue weighted by Crippen LogP contribution is -2.74. The number of halogens is 1. The zero-order valence-electron chi connectivity index (χ0n) is 16.3. The van der Waals surface area contributed by atoms with Gasteiger partial charge in [0.1, 0.15) is 12.4 Å². The van der Waals surface area contributed by atoms with Crippen molar-refractivity contribution >= 4 is 5.91 Å². The second kappa shape index (κ2) is 7.93. The molecule has 0 aliphatic heterocycles. The number of furan rings is 1. The molecule has 2 N–H and O–H groups in total. The van der Waals surface area contributed by atoms with Crippen LogP contribution in [0.5, 0.6) is 5.75 Å². The van der Waals surface area contributed by atoms with Crippen molar-refractivity contribution in [3.63, 3.8) is 0 Å². The molecule has 1 saturated carbocycles. The minimum Gasteiger partial charge on any atom is -0.483 e. The van der Waals surface area contributed by atoms with E-state index in [1.165, 1.54) is 18.2 Å². The molecule has 1 fully saturated rings. The molecule has 0 saturated heterocycles. The number of benzene rings is 1. The summed E-state index contributed by atoms with van der Waals surface area (Å²) < 4.78 is 30.2. The highest BCUT2D eigenvalue weighted by Gasteiger charge is 2.61. The molecule has 2 aromatic rings. The van der Waals surface area contributed by atoms with Crippen LogP contribution in [-0.2, 0) is 11.3 Å². The number of ether oxygens (including phenoxy) is 2. The zero-order valence-corrected chi connectivity index (χ0v) is 16.3. The van der Waals surface area contributed by atoms with Crippen LogP contribution in [0.25, 0.3) is 0 Å². The Morgan fingerprint density at radius 1 is 1.32 bits per heavy atom. The van der Waals surface area contributed by atoms with Gasteiger partial charge in [0, 0.05) is 18.4 Å². The number of hydrogen-bond acceptors (Lipinski definition) is 5. The number of carbonyl (C=O) groups is 1. The third-order valence-corrected chi connectivity index (χ3v) is 5.65. The van der Waals surface area contributed by atoms with Gasteiger partial charge in [-0.3, -0.25) is 4.79 Å². The average Bonchev–Trinajstić information content (AvgIpc) is 3.15. The number of carbonyl (C=O) groups excluding carboxylic acids is 1. The molecule has 1 aromatic carbocycles. The molecule has 1 heterocycles. The summed E-state index contributed by atoms with van der Waals surface area (Å²) >= 11 is 0. The van der Waals surface area contributed by atoms with Crippen molar-refractivity contribution in [2.75, 3.05) is 13.2 Å². The Balaban J connectivity index is 1.63. The van der Waals surface area contributed by atoms with Crippen LogP contribution in [-0.4, -0.2) is 35.9 Å². The van der Waals surface area contributed by atoms with E-state index in [0.717, 1.165) is 0 Å².